The molecule has 132 valence electrons. The number of hydrogen-bond donors (Lipinski definition) is 1. The highest BCUT2D eigenvalue weighted by Crippen LogP contribution is 2.37. The summed E-state index contributed by atoms with van der Waals surface area (Å²) in [6.45, 7) is 1.86. The van der Waals surface area contributed by atoms with E-state index in [0.29, 0.717) is 17.7 Å². The molecule has 0 aliphatic heterocycles. The monoisotopic (exact) mass is 357 g/mol. The molecule has 2 aliphatic rings. The molecule has 1 atom stereocenters. The summed E-state index contributed by atoms with van der Waals surface area (Å²) in [5.74, 6) is 0.0321. The first-order valence-electron chi connectivity index (χ1n) is 9.12. The molecule has 4 nitrogen and oxygen atoms in total. The van der Waals surface area contributed by atoms with Gasteiger partial charge in [0.2, 0.25) is 0 Å². The number of nitrogens with one attached hydrogen (secondary N) is 1. The summed E-state index contributed by atoms with van der Waals surface area (Å²) in [6.07, 6.45) is 6.69. The van der Waals surface area contributed by atoms with E-state index in [0.717, 1.165) is 43.4 Å². The molecule has 0 spiro atoms. The molecule has 4 rings (SSSR count). The fraction of sp³-hybridized carbons (Fsp3) is 0.500. The van der Waals surface area contributed by atoms with Crippen LogP contribution in [0, 0.1) is 6.92 Å². The Kier molecular flexibility index (Phi) is 4.50. The molecule has 0 saturated heterocycles. The van der Waals surface area contributed by atoms with Gasteiger partial charge in [-0.15, -0.1) is 11.3 Å². The lowest BCUT2D eigenvalue weighted by Gasteiger charge is -2.21. The number of carbonyl (C=O) groups is 2. The minimum atomic E-state index is -0.306. The molecule has 2 aliphatic carbocycles. The third-order valence-electron chi connectivity index (χ3n) is 5.46. The van der Waals surface area contributed by atoms with Crippen molar-refractivity contribution in [3.05, 3.63) is 44.9 Å². The van der Waals surface area contributed by atoms with Crippen LogP contribution in [0.4, 0.5) is 0 Å². The van der Waals surface area contributed by atoms with E-state index >= 15 is 0 Å². The van der Waals surface area contributed by atoms with Crippen molar-refractivity contribution in [3.63, 3.8) is 0 Å². The van der Waals surface area contributed by atoms with Crippen LogP contribution in [-0.4, -0.2) is 22.8 Å². The molecular weight excluding hydrogens is 334 g/mol. The summed E-state index contributed by atoms with van der Waals surface area (Å²) in [7, 11) is 0. The van der Waals surface area contributed by atoms with E-state index in [9.17, 15) is 9.59 Å². The predicted molar refractivity (Wildman–Crippen MR) is 97.5 cm³/mol. The summed E-state index contributed by atoms with van der Waals surface area (Å²) in [6, 6.07) is 4.11. The maximum absolute atomic E-state index is 12.7. The number of carbonyl (C=O) groups excluding carboxylic acids is 2. The van der Waals surface area contributed by atoms with Crippen molar-refractivity contribution >= 4 is 23.1 Å². The first kappa shape index (κ1) is 16.6. The average molecular weight is 357 g/mol. The van der Waals surface area contributed by atoms with Crippen molar-refractivity contribution in [1.82, 2.24) is 4.98 Å². The quantitative estimate of drug-likeness (QED) is 0.804. The molecule has 2 aromatic rings. The van der Waals surface area contributed by atoms with Gasteiger partial charge in [0.15, 0.2) is 5.78 Å². The normalized spacial score (nSPS) is 21.2. The van der Waals surface area contributed by atoms with Gasteiger partial charge < -0.3 is 9.72 Å². The van der Waals surface area contributed by atoms with E-state index in [-0.39, 0.29) is 23.8 Å². The van der Waals surface area contributed by atoms with E-state index in [4.69, 9.17) is 4.74 Å². The Morgan fingerprint density at radius 3 is 2.76 bits per heavy atom. The van der Waals surface area contributed by atoms with Crippen LogP contribution in [0.5, 0.6) is 0 Å². The predicted octanol–water partition coefficient (Wildman–Crippen LogP) is 4.79. The number of ketones is 1. The Labute approximate surface area is 151 Å². The van der Waals surface area contributed by atoms with Crippen LogP contribution in [0.25, 0.3) is 0 Å². The van der Waals surface area contributed by atoms with Gasteiger partial charge in [0.25, 0.3) is 0 Å². The van der Waals surface area contributed by atoms with Crippen molar-refractivity contribution < 1.29 is 14.3 Å². The van der Waals surface area contributed by atoms with Crippen LogP contribution in [0.2, 0.25) is 0 Å². The number of H-pyrrole nitrogens is 1. The molecule has 0 aromatic carbocycles. The van der Waals surface area contributed by atoms with Crippen LogP contribution in [0.1, 0.15) is 81.4 Å². The highest BCUT2D eigenvalue weighted by atomic mass is 32.1. The third kappa shape index (κ3) is 3.17. The van der Waals surface area contributed by atoms with Gasteiger partial charge in [-0.05, 0) is 56.0 Å². The third-order valence-corrected chi connectivity index (χ3v) is 6.50. The smallest absolute Gasteiger partial charge is 0.355 e. The fourth-order valence-corrected chi connectivity index (χ4v) is 4.99. The summed E-state index contributed by atoms with van der Waals surface area (Å²) in [4.78, 5) is 29.7. The maximum Gasteiger partial charge on any atom is 0.355 e. The Morgan fingerprint density at radius 1 is 1.24 bits per heavy atom. The van der Waals surface area contributed by atoms with Gasteiger partial charge in [-0.1, -0.05) is 12.5 Å². The second kappa shape index (κ2) is 6.79. The van der Waals surface area contributed by atoms with Crippen LogP contribution in [0.3, 0.4) is 0 Å². The molecule has 1 N–H and O–H groups in total. The van der Waals surface area contributed by atoms with Crippen molar-refractivity contribution in [2.24, 2.45) is 0 Å². The zero-order chi connectivity index (χ0) is 17.4. The minimum Gasteiger partial charge on any atom is -0.458 e. The lowest BCUT2D eigenvalue weighted by molar-refractivity contribution is 0.0204. The van der Waals surface area contributed by atoms with Gasteiger partial charge >= 0.3 is 5.97 Å². The molecule has 1 fully saturated rings. The molecule has 0 radical (unpaired) electrons. The molecule has 2 aromatic heterocycles. The summed E-state index contributed by atoms with van der Waals surface area (Å²) >= 11 is 1.69. The number of rotatable bonds is 3. The molecule has 2 heterocycles. The largest absolute Gasteiger partial charge is 0.458 e. The first-order valence-corrected chi connectivity index (χ1v) is 10.0. The van der Waals surface area contributed by atoms with Gasteiger partial charge in [0, 0.05) is 28.5 Å². The Balaban J connectivity index is 1.56. The number of fused-ring (bicyclic) bond motifs is 1. The maximum atomic E-state index is 12.7. The zero-order valence-electron chi connectivity index (χ0n) is 14.5. The number of aromatic amines is 1. The SMILES string of the molecule is Cc1c(C(=O)OC2CCCCC2)[nH]c2c1C(=O)C[C@@H](c1cccs1)C2. The number of Topliss-reactive ketones (excluding diaryl/α,β-unsaturated/α-hetero) is 1. The number of hydrogen-bond acceptors (Lipinski definition) is 4. The number of ether oxygens (including phenoxy) is 1. The second-order valence-corrected chi connectivity index (χ2v) is 8.17. The highest BCUT2D eigenvalue weighted by Gasteiger charge is 2.33. The van der Waals surface area contributed by atoms with Gasteiger partial charge in [-0.25, -0.2) is 4.79 Å². The van der Waals surface area contributed by atoms with Gasteiger partial charge in [0.05, 0.1) is 0 Å². The number of thiophene rings is 1. The number of aromatic nitrogens is 1. The number of esters is 1. The van der Waals surface area contributed by atoms with Crippen LogP contribution in [0.15, 0.2) is 17.5 Å². The standard InChI is InChI=1S/C20H23NO3S/c1-12-18-15(10-13(11-16(18)22)17-8-5-9-25-17)21-19(12)20(23)24-14-6-3-2-4-7-14/h5,8-9,13-14,21H,2-4,6-7,10-11H2,1H3/t13-/m0/s1. The summed E-state index contributed by atoms with van der Waals surface area (Å²) in [5, 5.41) is 2.04. The first-order chi connectivity index (χ1) is 12.1. The molecular formula is C20H23NO3S. The van der Waals surface area contributed by atoms with E-state index in [1.54, 1.807) is 11.3 Å². The van der Waals surface area contributed by atoms with E-state index in [2.05, 4.69) is 11.1 Å². The van der Waals surface area contributed by atoms with Crippen LogP contribution in [-0.2, 0) is 11.2 Å². The summed E-state index contributed by atoms with van der Waals surface area (Å²) < 4.78 is 5.69. The van der Waals surface area contributed by atoms with Crippen molar-refractivity contribution in [2.75, 3.05) is 0 Å². The Morgan fingerprint density at radius 2 is 2.04 bits per heavy atom. The van der Waals surface area contributed by atoms with E-state index < -0.39 is 0 Å². The van der Waals surface area contributed by atoms with Gasteiger partial charge in [0.1, 0.15) is 11.8 Å². The van der Waals surface area contributed by atoms with Crippen LogP contribution < -0.4 is 0 Å². The minimum absolute atomic E-state index is 0.0237. The van der Waals surface area contributed by atoms with Crippen LogP contribution >= 0.6 is 11.3 Å². The highest BCUT2D eigenvalue weighted by molar-refractivity contribution is 7.10. The molecule has 0 amide bonds. The molecule has 0 unspecified atom stereocenters. The van der Waals surface area contributed by atoms with Gasteiger partial charge in [-0.3, -0.25) is 4.79 Å². The molecule has 25 heavy (non-hydrogen) atoms. The molecule has 5 heteroatoms. The molecule has 0 bridgehead atoms. The van der Waals surface area contributed by atoms with Crippen molar-refractivity contribution in [2.45, 2.75) is 63.9 Å². The lowest BCUT2D eigenvalue weighted by atomic mass is 9.84. The second-order valence-electron chi connectivity index (χ2n) is 7.19. The van der Waals surface area contributed by atoms with Crippen molar-refractivity contribution in [3.8, 4) is 0 Å². The van der Waals surface area contributed by atoms with E-state index in [1.807, 2.05) is 18.4 Å². The topological polar surface area (TPSA) is 59.2 Å². The fourth-order valence-electron chi connectivity index (χ4n) is 4.16. The Bertz CT molecular complexity index is 784. The van der Waals surface area contributed by atoms with Crippen molar-refractivity contribution in [1.29, 1.82) is 0 Å². The average Bonchev–Trinajstić information content (AvgIpc) is 3.24. The zero-order valence-corrected chi connectivity index (χ0v) is 15.3. The lowest BCUT2D eigenvalue weighted by Crippen LogP contribution is -2.21. The Hall–Kier alpha value is -1.88. The summed E-state index contributed by atoms with van der Waals surface area (Å²) in [5.41, 5.74) is 2.83. The molecule has 1 saturated carbocycles. The van der Waals surface area contributed by atoms with E-state index in [1.165, 1.54) is 11.3 Å². The van der Waals surface area contributed by atoms with Gasteiger partial charge in [-0.2, -0.15) is 0 Å².